The Balaban J connectivity index is 2.20. The summed E-state index contributed by atoms with van der Waals surface area (Å²) in [6.07, 6.45) is 6.26. The maximum absolute atomic E-state index is 14.6. The van der Waals surface area contributed by atoms with Gasteiger partial charge in [-0.25, -0.2) is 4.39 Å². The molecule has 0 saturated heterocycles. The summed E-state index contributed by atoms with van der Waals surface area (Å²) in [5.74, 6) is 0. The van der Waals surface area contributed by atoms with Gasteiger partial charge in [-0.2, -0.15) is 5.10 Å². The number of nitrogens with two attached hydrogens (primary N) is 1. The van der Waals surface area contributed by atoms with E-state index in [-0.39, 0.29) is 6.04 Å². The van der Waals surface area contributed by atoms with Crippen LogP contribution in [0.1, 0.15) is 38.2 Å². The Labute approximate surface area is 89.5 Å². The normalized spacial score (nSPS) is 31.8. The summed E-state index contributed by atoms with van der Waals surface area (Å²) in [7, 11) is 0. The minimum absolute atomic E-state index is 0.00581. The molecule has 2 unspecified atom stereocenters. The molecule has 1 heterocycles. The summed E-state index contributed by atoms with van der Waals surface area (Å²) in [6.45, 7) is 2.77. The van der Waals surface area contributed by atoms with Gasteiger partial charge in [0.15, 0.2) is 0 Å². The number of halogens is 1. The van der Waals surface area contributed by atoms with E-state index in [0.29, 0.717) is 18.4 Å². The number of hydrogen-bond donors (Lipinski definition) is 1. The Hall–Kier alpha value is -0.900. The molecule has 0 aliphatic heterocycles. The molecule has 1 aromatic heterocycles. The molecule has 4 heteroatoms. The van der Waals surface area contributed by atoms with Crippen molar-refractivity contribution in [3.8, 4) is 0 Å². The molecule has 1 aromatic rings. The number of aryl methyl sites for hydroxylation is 1. The zero-order valence-electron chi connectivity index (χ0n) is 9.12. The second-order valence-corrected chi connectivity index (χ2v) is 4.41. The molecule has 0 bridgehead atoms. The Kier molecular flexibility index (Phi) is 2.78. The molecule has 0 radical (unpaired) electrons. The van der Waals surface area contributed by atoms with Crippen LogP contribution in [0.4, 0.5) is 4.39 Å². The van der Waals surface area contributed by atoms with Crippen LogP contribution >= 0.6 is 0 Å². The molecule has 15 heavy (non-hydrogen) atoms. The lowest BCUT2D eigenvalue weighted by atomic mass is 9.80. The smallest absolute Gasteiger partial charge is 0.140 e. The van der Waals surface area contributed by atoms with Crippen molar-refractivity contribution in [3.05, 3.63) is 18.0 Å². The largest absolute Gasteiger partial charge is 0.328 e. The average molecular weight is 211 g/mol. The third-order valence-electron chi connectivity index (χ3n) is 3.21. The number of nitrogens with zero attached hydrogens (tertiary/aromatic N) is 2. The average Bonchev–Trinajstić information content (AvgIpc) is 2.66. The minimum atomic E-state index is -1.24. The van der Waals surface area contributed by atoms with Gasteiger partial charge >= 0.3 is 0 Å². The fourth-order valence-electron chi connectivity index (χ4n) is 2.29. The maximum atomic E-state index is 14.6. The standard InChI is InChI=1S/C11H18FN3/c1-2-15-8-9(7-14-15)11(12)5-3-4-10(13)6-11/h7-8,10H,2-6,13H2,1H3. The van der Waals surface area contributed by atoms with Crippen molar-refractivity contribution in [2.75, 3.05) is 0 Å². The maximum Gasteiger partial charge on any atom is 0.140 e. The van der Waals surface area contributed by atoms with E-state index in [9.17, 15) is 4.39 Å². The second kappa shape index (κ2) is 3.93. The molecule has 0 amide bonds. The molecular formula is C11H18FN3. The zero-order valence-corrected chi connectivity index (χ0v) is 9.12. The van der Waals surface area contributed by atoms with E-state index in [1.165, 1.54) is 0 Å². The topological polar surface area (TPSA) is 43.8 Å². The number of rotatable bonds is 2. The van der Waals surface area contributed by atoms with E-state index in [1.807, 2.05) is 6.92 Å². The molecule has 84 valence electrons. The van der Waals surface area contributed by atoms with Crippen LogP contribution < -0.4 is 5.73 Å². The van der Waals surface area contributed by atoms with E-state index < -0.39 is 5.67 Å². The van der Waals surface area contributed by atoms with Gasteiger partial charge in [-0.05, 0) is 26.2 Å². The highest BCUT2D eigenvalue weighted by Crippen LogP contribution is 2.39. The lowest BCUT2D eigenvalue weighted by Gasteiger charge is -2.32. The Bertz CT molecular complexity index is 336. The quantitative estimate of drug-likeness (QED) is 0.812. The molecule has 2 atom stereocenters. The van der Waals surface area contributed by atoms with Gasteiger partial charge in [-0.15, -0.1) is 0 Å². The number of hydrogen-bond acceptors (Lipinski definition) is 2. The fourth-order valence-corrected chi connectivity index (χ4v) is 2.29. The van der Waals surface area contributed by atoms with Crippen LogP contribution in [0, 0.1) is 0 Å². The lowest BCUT2D eigenvalue weighted by Crippen LogP contribution is -2.35. The predicted octanol–water partition coefficient (Wildman–Crippen LogP) is 1.97. The summed E-state index contributed by atoms with van der Waals surface area (Å²) in [6, 6.07) is -0.00581. The first kappa shape index (κ1) is 10.6. The molecular weight excluding hydrogens is 193 g/mol. The molecule has 1 aliphatic carbocycles. The zero-order chi connectivity index (χ0) is 10.9. The van der Waals surface area contributed by atoms with Gasteiger partial charge in [-0.1, -0.05) is 0 Å². The first-order valence-corrected chi connectivity index (χ1v) is 5.61. The molecule has 1 fully saturated rings. The van der Waals surface area contributed by atoms with Gasteiger partial charge in [0.2, 0.25) is 0 Å². The van der Waals surface area contributed by atoms with E-state index in [2.05, 4.69) is 5.10 Å². The van der Waals surface area contributed by atoms with Gasteiger partial charge in [0, 0.05) is 30.8 Å². The van der Waals surface area contributed by atoms with E-state index >= 15 is 0 Å². The third kappa shape index (κ3) is 2.04. The molecule has 3 nitrogen and oxygen atoms in total. The Morgan fingerprint density at radius 2 is 2.53 bits per heavy atom. The predicted molar refractivity (Wildman–Crippen MR) is 57.1 cm³/mol. The molecule has 1 saturated carbocycles. The summed E-state index contributed by atoms with van der Waals surface area (Å²) < 4.78 is 16.3. The number of aromatic nitrogens is 2. The molecule has 1 aliphatic rings. The van der Waals surface area contributed by atoms with Crippen molar-refractivity contribution in [2.24, 2.45) is 5.73 Å². The third-order valence-corrected chi connectivity index (χ3v) is 3.21. The Morgan fingerprint density at radius 1 is 1.73 bits per heavy atom. The first-order valence-electron chi connectivity index (χ1n) is 5.61. The van der Waals surface area contributed by atoms with Crippen molar-refractivity contribution >= 4 is 0 Å². The summed E-state index contributed by atoms with van der Waals surface area (Å²) >= 11 is 0. The van der Waals surface area contributed by atoms with Gasteiger partial charge in [0.1, 0.15) is 5.67 Å². The van der Waals surface area contributed by atoms with Crippen molar-refractivity contribution in [1.82, 2.24) is 9.78 Å². The minimum Gasteiger partial charge on any atom is -0.328 e. The second-order valence-electron chi connectivity index (χ2n) is 4.41. The monoisotopic (exact) mass is 211 g/mol. The van der Waals surface area contributed by atoms with E-state index in [0.717, 1.165) is 19.4 Å². The van der Waals surface area contributed by atoms with Crippen molar-refractivity contribution in [3.63, 3.8) is 0 Å². The summed E-state index contributed by atoms with van der Waals surface area (Å²) in [4.78, 5) is 0. The van der Waals surface area contributed by atoms with Crippen LogP contribution in [0.25, 0.3) is 0 Å². The highest BCUT2D eigenvalue weighted by atomic mass is 19.1. The molecule has 2 N–H and O–H groups in total. The Morgan fingerprint density at radius 3 is 3.13 bits per heavy atom. The molecule has 0 spiro atoms. The van der Waals surface area contributed by atoms with Crippen molar-refractivity contribution in [1.29, 1.82) is 0 Å². The van der Waals surface area contributed by atoms with E-state index in [1.54, 1.807) is 17.1 Å². The highest BCUT2D eigenvalue weighted by molar-refractivity contribution is 5.17. The van der Waals surface area contributed by atoms with Gasteiger partial charge in [-0.3, -0.25) is 4.68 Å². The SMILES string of the molecule is CCn1cc(C2(F)CCCC(N)C2)cn1. The summed E-state index contributed by atoms with van der Waals surface area (Å²) in [5, 5.41) is 4.12. The lowest BCUT2D eigenvalue weighted by molar-refractivity contribution is 0.0947. The number of alkyl halides is 1. The van der Waals surface area contributed by atoms with Crippen molar-refractivity contribution in [2.45, 2.75) is 50.9 Å². The highest BCUT2D eigenvalue weighted by Gasteiger charge is 2.37. The summed E-state index contributed by atoms with van der Waals surface area (Å²) in [5.41, 5.74) is 5.27. The van der Waals surface area contributed by atoms with Gasteiger partial charge in [0.25, 0.3) is 0 Å². The fraction of sp³-hybridized carbons (Fsp3) is 0.727. The molecule has 0 aromatic carbocycles. The van der Waals surface area contributed by atoms with Crippen LogP contribution in [0.5, 0.6) is 0 Å². The van der Waals surface area contributed by atoms with Crippen LogP contribution in [0.15, 0.2) is 12.4 Å². The van der Waals surface area contributed by atoms with E-state index in [4.69, 9.17) is 5.73 Å². The van der Waals surface area contributed by atoms with Gasteiger partial charge < -0.3 is 5.73 Å². The van der Waals surface area contributed by atoms with Crippen LogP contribution in [-0.4, -0.2) is 15.8 Å². The van der Waals surface area contributed by atoms with Crippen molar-refractivity contribution < 1.29 is 4.39 Å². The van der Waals surface area contributed by atoms with Gasteiger partial charge in [0.05, 0.1) is 6.20 Å². The van der Waals surface area contributed by atoms with Crippen LogP contribution in [0.2, 0.25) is 0 Å². The first-order chi connectivity index (χ1) is 7.14. The molecule has 2 rings (SSSR count). The van der Waals surface area contributed by atoms with Crippen LogP contribution in [0.3, 0.4) is 0 Å². The van der Waals surface area contributed by atoms with Crippen LogP contribution in [-0.2, 0) is 12.2 Å².